The maximum atomic E-state index is 13.1. The van der Waals surface area contributed by atoms with Crippen molar-refractivity contribution in [2.24, 2.45) is 5.92 Å². The summed E-state index contributed by atoms with van der Waals surface area (Å²) in [5.74, 6) is 0.868. The van der Waals surface area contributed by atoms with Crippen LogP contribution in [0.5, 0.6) is 0 Å². The molecule has 5 rings (SSSR count). The van der Waals surface area contributed by atoms with Gasteiger partial charge in [-0.15, -0.1) is 16.4 Å². The summed E-state index contributed by atoms with van der Waals surface area (Å²) in [7, 11) is 3.52. The lowest BCUT2D eigenvalue weighted by Gasteiger charge is -2.30. The highest BCUT2D eigenvalue weighted by molar-refractivity contribution is 7.19. The van der Waals surface area contributed by atoms with Gasteiger partial charge in [0.2, 0.25) is 5.91 Å². The number of aryl methyl sites for hydroxylation is 1. The van der Waals surface area contributed by atoms with Crippen LogP contribution in [0.2, 0.25) is 5.02 Å². The van der Waals surface area contributed by atoms with E-state index in [-0.39, 0.29) is 17.9 Å². The quantitative estimate of drug-likeness (QED) is 0.408. The number of thiophene rings is 1. The van der Waals surface area contributed by atoms with Crippen LogP contribution in [0, 0.1) is 5.92 Å². The number of fused-ring (bicyclic) bond motifs is 4. The molecule has 4 aromatic rings. The van der Waals surface area contributed by atoms with Crippen LogP contribution in [-0.4, -0.2) is 57.2 Å². The van der Waals surface area contributed by atoms with E-state index in [9.17, 15) is 4.79 Å². The van der Waals surface area contributed by atoms with E-state index in [0.29, 0.717) is 11.6 Å². The standard InChI is InChI=1S/C22H23ClN6O2S2/c1-11(9-31-3)29(2)22(30)12-4-5-13-17(6-12)32-21-19(13)20(24-10-25-21)26-15-8-18-16(7-14(15)23)27-28-33-18/h7-8,10-12H,4-6,9H2,1-3H3,(H,24,25,26)/t11-,12+/m1/s1. The van der Waals surface area contributed by atoms with Crippen molar-refractivity contribution in [3.63, 3.8) is 0 Å². The fourth-order valence-electron chi connectivity index (χ4n) is 4.30. The van der Waals surface area contributed by atoms with Gasteiger partial charge >= 0.3 is 0 Å². The van der Waals surface area contributed by atoms with Gasteiger partial charge in [-0.25, -0.2) is 9.97 Å². The van der Waals surface area contributed by atoms with Crippen molar-refractivity contribution in [2.45, 2.75) is 32.2 Å². The molecule has 1 amide bonds. The Balaban J connectivity index is 1.44. The van der Waals surface area contributed by atoms with Gasteiger partial charge in [0.15, 0.2) is 0 Å². The Hall–Kier alpha value is -2.40. The van der Waals surface area contributed by atoms with Gasteiger partial charge in [0.25, 0.3) is 0 Å². The number of hydrogen-bond acceptors (Lipinski definition) is 9. The highest BCUT2D eigenvalue weighted by atomic mass is 35.5. The zero-order chi connectivity index (χ0) is 23.1. The summed E-state index contributed by atoms with van der Waals surface area (Å²) in [6.45, 7) is 2.53. The third-order valence-electron chi connectivity index (χ3n) is 6.20. The number of ether oxygens (including phenoxy) is 1. The molecular formula is C22H23ClN6O2S2. The molecule has 33 heavy (non-hydrogen) atoms. The number of carbonyl (C=O) groups is 1. The molecule has 0 fully saturated rings. The minimum absolute atomic E-state index is 0.0325. The van der Waals surface area contributed by atoms with Crippen LogP contribution in [0.3, 0.4) is 0 Å². The monoisotopic (exact) mass is 502 g/mol. The van der Waals surface area contributed by atoms with Crippen molar-refractivity contribution in [1.29, 1.82) is 0 Å². The van der Waals surface area contributed by atoms with E-state index in [2.05, 4.69) is 24.9 Å². The summed E-state index contributed by atoms with van der Waals surface area (Å²) in [6, 6.07) is 3.80. The number of halogens is 1. The SMILES string of the molecule is COC[C@@H](C)N(C)C(=O)[C@H]1CCc2c(sc3ncnc(Nc4cc5snnc5cc4Cl)c23)C1. The van der Waals surface area contributed by atoms with Crippen molar-refractivity contribution in [3.05, 3.63) is 33.9 Å². The normalized spacial score (nSPS) is 16.7. The Morgan fingerprint density at radius 3 is 3.06 bits per heavy atom. The van der Waals surface area contributed by atoms with Gasteiger partial charge in [0, 0.05) is 25.0 Å². The van der Waals surface area contributed by atoms with Crippen molar-refractivity contribution >= 4 is 72.3 Å². The van der Waals surface area contributed by atoms with Crippen LogP contribution < -0.4 is 5.32 Å². The van der Waals surface area contributed by atoms with Crippen LogP contribution in [0.4, 0.5) is 11.5 Å². The van der Waals surface area contributed by atoms with E-state index >= 15 is 0 Å². The van der Waals surface area contributed by atoms with E-state index in [0.717, 1.165) is 51.2 Å². The Kier molecular flexibility index (Phi) is 6.17. The fraction of sp³-hybridized carbons (Fsp3) is 0.409. The molecule has 0 aliphatic heterocycles. The number of methoxy groups -OCH3 is 1. The molecule has 0 spiro atoms. The van der Waals surface area contributed by atoms with E-state index in [4.69, 9.17) is 16.3 Å². The third kappa shape index (κ3) is 4.16. The largest absolute Gasteiger partial charge is 0.383 e. The van der Waals surface area contributed by atoms with Crippen molar-refractivity contribution in [2.75, 3.05) is 26.1 Å². The van der Waals surface area contributed by atoms with E-state index in [1.54, 1.807) is 24.8 Å². The fourth-order valence-corrected chi connectivity index (χ4v) is 6.35. The first-order valence-corrected chi connectivity index (χ1v) is 12.6. The number of anilines is 2. The molecule has 2 atom stereocenters. The maximum Gasteiger partial charge on any atom is 0.226 e. The molecule has 1 aliphatic carbocycles. The molecule has 1 aliphatic rings. The number of rotatable bonds is 6. The van der Waals surface area contributed by atoms with Crippen LogP contribution >= 0.6 is 34.5 Å². The van der Waals surface area contributed by atoms with E-state index < -0.39 is 0 Å². The molecule has 8 nitrogen and oxygen atoms in total. The number of likely N-dealkylation sites (N-methyl/N-ethyl adjacent to an activating group) is 1. The lowest BCUT2D eigenvalue weighted by atomic mass is 9.86. The zero-order valence-electron chi connectivity index (χ0n) is 18.5. The molecule has 0 bridgehead atoms. The summed E-state index contributed by atoms with van der Waals surface area (Å²) < 4.78 is 10.2. The minimum atomic E-state index is -0.0325. The Morgan fingerprint density at radius 2 is 2.24 bits per heavy atom. The smallest absolute Gasteiger partial charge is 0.226 e. The summed E-state index contributed by atoms with van der Waals surface area (Å²) in [4.78, 5) is 26.1. The van der Waals surface area contributed by atoms with E-state index in [1.807, 2.05) is 31.0 Å². The van der Waals surface area contributed by atoms with Gasteiger partial charge in [-0.1, -0.05) is 16.1 Å². The highest BCUT2D eigenvalue weighted by Crippen LogP contribution is 2.41. The minimum Gasteiger partial charge on any atom is -0.383 e. The second-order valence-electron chi connectivity index (χ2n) is 8.30. The van der Waals surface area contributed by atoms with Gasteiger partial charge in [0.1, 0.15) is 22.5 Å². The molecule has 0 unspecified atom stereocenters. The Bertz CT molecular complexity index is 1340. The Morgan fingerprint density at radius 1 is 1.39 bits per heavy atom. The predicted molar refractivity (Wildman–Crippen MR) is 133 cm³/mol. The number of hydrogen-bond donors (Lipinski definition) is 1. The number of benzene rings is 1. The van der Waals surface area contributed by atoms with Crippen LogP contribution in [0.25, 0.3) is 20.4 Å². The van der Waals surface area contributed by atoms with Gasteiger partial charge in [-0.05, 0) is 55.4 Å². The molecule has 0 saturated carbocycles. The zero-order valence-corrected chi connectivity index (χ0v) is 20.9. The summed E-state index contributed by atoms with van der Waals surface area (Å²) in [5, 5.41) is 9.05. The maximum absolute atomic E-state index is 13.1. The molecule has 11 heteroatoms. The lowest BCUT2D eigenvalue weighted by molar-refractivity contribution is -0.137. The average Bonchev–Trinajstić information content (AvgIpc) is 3.42. The first-order chi connectivity index (χ1) is 16.0. The van der Waals surface area contributed by atoms with Crippen LogP contribution in [-0.2, 0) is 22.4 Å². The van der Waals surface area contributed by atoms with Crippen molar-refractivity contribution < 1.29 is 9.53 Å². The molecule has 172 valence electrons. The average molecular weight is 503 g/mol. The van der Waals surface area contributed by atoms with E-state index in [1.165, 1.54) is 22.0 Å². The van der Waals surface area contributed by atoms with Crippen molar-refractivity contribution in [1.82, 2.24) is 24.5 Å². The van der Waals surface area contributed by atoms with Gasteiger partial charge in [-0.3, -0.25) is 4.79 Å². The molecule has 0 radical (unpaired) electrons. The third-order valence-corrected chi connectivity index (χ3v) is 8.36. The highest BCUT2D eigenvalue weighted by Gasteiger charge is 2.32. The first-order valence-electron chi connectivity index (χ1n) is 10.7. The number of amides is 1. The molecule has 3 heterocycles. The topological polar surface area (TPSA) is 93.1 Å². The summed E-state index contributed by atoms with van der Waals surface area (Å²) >= 11 is 9.46. The molecule has 1 aromatic carbocycles. The summed E-state index contributed by atoms with van der Waals surface area (Å²) in [6.07, 6.45) is 3.90. The first kappa shape index (κ1) is 22.4. The van der Waals surface area contributed by atoms with Gasteiger partial charge in [0.05, 0.1) is 33.4 Å². The number of carbonyl (C=O) groups excluding carboxylic acids is 1. The predicted octanol–water partition coefficient (Wildman–Crippen LogP) is 4.69. The number of nitrogens with one attached hydrogen (secondary N) is 1. The lowest BCUT2D eigenvalue weighted by Crippen LogP contribution is -2.42. The Labute approximate surface area is 204 Å². The van der Waals surface area contributed by atoms with Crippen LogP contribution in [0.15, 0.2) is 18.5 Å². The van der Waals surface area contributed by atoms with Crippen molar-refractivity contribution in [3.8, 4) is 0 Å². The van der Waals surface area contributed by atoms with Gasteiger partial charge < -0.3 is 15.0 Å². The number of nitrogens with zero attached hydrogens (tertiary/aromatic N) is 5. The molecular weight excluding hydrogens is 480 g/mol. The second kappa shape index (κ2) is 9.09. The van der Waals surface area contributed by atoms with Crippen LogP contribution in [0.1, 0.15) is 23.8 Å². The molecule has 0 saturated heterocycles. The second-order valence-corrected chi connectivity index (χ2v) is 10.6. The summed E-state index contributed by atoms with van der Waals surface area (Å²) in [5.41, 5.74) is 2.76. The molecule has 3 aromatic heterocycles. The molecule has 1 N–H and O–H groups in total. The van der Waals surface area contributed by atoms with Gasteiger partial charge in [-0.2, -0.15) is 0 Å². The number of aromatic nitrogens is 4.